The number of hydrogen-bond acceptors (Lipinski definition) is 7. The summed E-state index contributed by atoms with van der Waals surface area (Å²) in [6.45, 7) is 3.68. The third kappa shape index (κ3) is 4.96. The van der Waals surface area contributed by atoms with E-state index in [9.17, 15) is 8.42 Å². The number of piperazine rings is 1. The Morgan fingerprint density at radius 1 is 1.10 bits per heavy atom. The summed E-state index contributed by atoms with van der Waals surface area (Å²) >= 11 is 6.04. The van der Waals surface area contributed by atoms with Crippen LogP contribution in [0, 0.1) is 0 Å². The maximum atomic E-state index is 12.2. The van der Waals surface area contributed by atoms with Gasteiger partial charge in [0.05, 0.1) is 12.7 Å². The highest BCUT2D eigenvalue weighted by Gasteiger charge is 2.36. The molecular weight excluding hydrogens is 424 g/mol. The van der Waals surface area contributed by atoms with Crippen LogP contribution in [0.2, 0.25) is 5.02 Å². The van der Waals surface area contributed by atoms with Gasteiger partial charge < -0.3 is 10.6 Å². The molecule has 1 aromatic carbocycles. The highest BCUT2D eigenvalue weighted by molar-refractivity contribution is 7.88. The minimum atomic E-state index is -3.20. The van der Waals surface area contributed by atoms with Gasteiger partial charge in [-0.3, -0.25) is 4.90 Å². The van der Waals surface area contributed by atoms with Gasteiger partial charge in [0.1, 0.15) is 11.7 Å². The lowest BCUT2D eigenvalue weighted by atomic mass is 9.96. The predicted molar refractivity (Wildman–Crippen MR) is 120 cm³/mol. The Kier molecular flexibility index (Phi) is 6.34. The zero-order valence-electron chi connectivity index (χ0n) is 17.2. The molecule has 0 radical (unpaired) electrons. The number of halogens is 1. The minimum absolute atomic E-state index is 0.147. The number of rotatable bonds is 4. The first-order valence-electron chi connectivity index (χ1n) is 10.4. The van der Waals surface area contributed by atoms with Gasteiger partial charge in [0.25, 0.3) is 0 Å². The van der Waals surface area contributed by atoms with Gasteiger partial charge in [0.2, 0.25) is 10.0 Å². The van der Waals surface area contributed by atoms with Crippen LogP contribution in [0.15, 0.2) is 34.5 Å². The van der Waals surface area contributed by atoms with E-state index in [4.69, 9.17) is 17.3 Å². The summed E-state index contributed by atoms with van der Waals surface area (Å²) < 4.78 is 26.0. The second-order valence-electron chi connectivity index (χ2n) is 8.35. The van der Waals surface area contributed by atoms with Crippen LogP contribution in [0.5, 0.6) is 0 Å². The molecule has 3 aliphatic rings. The fraction of sp³-hybridized carbons (Fsp3) is 0.600. The van der Waals surface area contributed by atoms with Crippen LogP contribution in [-0.4, -0.2) is 85.3 Å². The van der Waals surface area contributed by atoms with E-state index in [-0.39, 0.29) is 6.04 Å². The Hall–Kier alpha value is -1.68. The Labute approximate surface area is 183 Å². The van der Waals surface area contributed by atoms with E-state index in [1.165, 1.54) is 11.8 Å². The van der Waals surface area contributed by atoms with Crippen LogP contribution in [-0.2, 0) is 16.4 Å². The van der Waals surface area contributed by atoms with Crippen molar-refractivity contribution in [2.24, 2.45) is 15.9 Å². The molecule has 3 heterocycles. The highest BCUT2D eigenvalue weighted by Crippen LogP contribution is 2.26. The molecule has 0 saturated carbocycles. The molecule has 3 aliphatic heterocycles. The number of piperidine rings is 1. The summed E-state index contributed by atoms with van der Waals surface area (Å²) in [5, 5.41) is 8.87. The Morgan fingerprint density at radius 3 is 2.40 bits per heavy atom. The fourth-order valence-corrected chi connectivity index (χ4v) is 5.66. The van der Waals surface area contributed by atoms with Crippen LogP contribution < -0.4 is 5.73 Å². The Bertz CT molecular complexity index is 925. The second kappa shape index (κ2) is 8.82. The van der Waals surface area contributed by atoms with Crippen LogP contribution in [0.3, 0.4) is 0 Å². The van der Waals surface area contributed by atoms with Crippen molar-refractivity contribution in [2.75, 3.05) is 39.0 Å². The minimum Gasteiger partial charge on any atom is -0.385 e. The lowest BCUT2D eigenvalue weighted by Crippen LogP contribution is -2.60. The van der Waals surface area contributed by atoms with Crippen molar-refractivity contribution >= 4 is 33.3 Å². The zero-order valence-corrected chi connectivity index (χ0v) is 18.8. The van der Waals surface area contributed by atoms with Crippen molar-refractivity contribution in [3.63, 3.8) is 0 Å². The van der Waals surface area contributed by atoms with Crippen molar-refractivity contribution in [1.82, 2.24) is 14.1 Å². The van der Waals surface area contributed by atoms with Gasteiger partial charge in [-0.1, -0.05) is 23.7 Å². The zero-order chi connectivity index (χ0) is 21.3. The largest absolute Gasteiger partial charge is 0.385 e. The van der Waals surface area contributed by atoms with Gasteiger partial charge in [0, 0.05) is 49.8 Å². The molecule has 0 aromatic heterocycles. The van der Waals surface area contributed by atoms with Crippen molar-refractivity contribution < 1.29 is 8.42 Å². The second-order valence-corrected chi connectivity index (χ2v) is 10.8. The number of benzene rings is 1. The normalized spacial score (nSPS) is 24.7. The van der Waals surface area contributed by atoms with Crippen molar-refractivity contribution in [2.45, 2.75) is 37.8 Å². The number of amidine groups is 2. The van der Waals surface area contributed by atoms with Crippen LogP contribution >= 0.6 is 11.6 Å². The molecule has 4 rings (SSSR count). The topological polar surface area (TPSA) is 94.6 Å². The first kappa shape index (κ1) is 21.5. The van der Waals surface area contributed by atoms with E-state index >= 15 is 0 Å². The van der Waals surface area contributed by atoms with E-state index < -0.39 is 10.0 Å². The molecule has 1 aromatic rings. The molecule has 2 N–H and O–H groups in total. The number of hydrogen-bond donors (Lipinski definition) is 1. The summed E-state index contributed by atoms with van der Waals surface area (Å²) in [4.78, 5) is 4.80. The molecule has 0 spiro atoms. The molecule has 2 fully saturated rings. The van der Waals surface area contributed by atoms with Crippen molar-refractivity contribution in [3.05, 3.63) is 34.9 Å². The first-order valence-corrected chi connectivity index (χ1v) is 12.6. The Balaban J connectivity index is 1.44. The first-order chi connectivity index (χ1) is 14.3. The molecule has 0 bridgehead atoms. The van der Waals surface area contributed by atoms with Gasteiger partial charge in [-0.05, 0) is 37.0 Å². The van der Waals surface area contributed by atoms with Gasteiger partial charge in [0.15, 0.2) is 0 Å². The molecule has 8 nitrogen and oxygen atoms in total. The average Bonchev–Trinajstić information content (AvgIpc) is 3.15. The molecule has 0 amide bonds. The molecule has 10 heteroatoms. The molecule has 1 atom stereocenters. The molecule has 2 saturated heterocycles. The number of likely N-dealkylation sites (tertiary alicyclic amines) is 1. The molecule has 0 unspecified atom stereocenters. The van der Waals surface area contributed by atoms with Crippen molar-refractivity contribution in [3.8, 4) is 0 Å². The highest BCUT2D eigenvalue weighted by atomic mass is 35.5. The summed E-state index contributed by atoms with van der Waals surface area (Å²) in [6, 6.07) is 8.44. The van der Waals surface area contributed by atoms with E-state index in [0.29, 0.717) is 36.4 Å². The maximum Gasteiger partial charge on any atom is 0.211 e. The standard InChI is InChI=1S/C20H29ClN6O2S/c1-30(28,29)26-10-11-27(18(14-26)12-15-2-4-16(21)5-3-15)17-6-8-25(9-7-17)20-13-19(22)23-24-20/h2-5,17-18H,6-14H2,1H3,(H2,22,23)/t18-/m0/s1. The molecule has 164 valence electrons. The fourth-order valence-electron chi connectivity index (χ4n) is 4.68. The summed E-state index contributed by atoms with van der Waals surface area (Å²) in [5.74, 6) is 1.54. The lowest BCUT2D eigenvalue weighted by molar-refractivity contribution is 0.0480. The summed E-state index contributed by atoms with van der Waals surface area (Å²) in [6.07, 6.45) is 4.79. The van der Waals surface area contributed by atoms with Crippen LogP contribution in [0.1, 0.15) is 24.8 Å². The van der Waals surface area contributed by atoms with Gasteiger partial charge in [-0.25, -0.2) is 8.42 Å². The quantitative estimate of drug-likeness (QED) is 0.744. The van der Waals surface area contributed by atoms with E-state index in [0.717, 1.165) is 44.7 Å². The van der Waals surface area contributed by atoms with E-state index in [1.807, 2.05) is 24.3 Å². The number of sulfonamides is 1. The van der Waals surface area contributed by atoms with Gasteiger partial charge in [-0.2, -0.15) is 4.31 Å². The molecule has 30 heavy (non-hydrogen) atoms. The summed E-state index contributed by atoms with van der Waals surface area (Å²) in [5.41, 5.74) is 6.94. The average molecular weight is 453 g/mol. The smallest absolute Gasteiger partial charge is 0.211 e. The van der Waals surface area contributed by atoms with Gasteiger partial charge >= 0.3 is 0 Å². The SMILES string of the molecule is CS(=O)(=O)N1CCN(C2CCN(C3=NN=C(N)C3)CC2)[C@@H](Cc2ccc(Cl)cc2)C1. The lowest BCUT2D eigenvalue weighted by Gasteiger charge is -2.47. The van der Waals surface area contributed by atoms with Crippen molar-refractivity contribution in [1.29, 1.82) is 0 Å². The third-order valence-electron chi connectivity index (χ3n) is 6.28. The maximum absolute atomic E-state index is 12.2. The van der Waals surface area contributed by atoms with E-state index in [1.54, 1.807) is 4.31 Å². The third-order valence-corrected chi connectivity index (χ3v) is 7.80. The molecular formula is C20H29ClN6O2S. The monoisotopic (exact) mass is 452 g/mol. The number of nitrogens with zero attached hydrogens (tertiary/aromatic N) is 5. The number of nitrogens with two attached hydrogens (primary N) is 1. The van der Waals surface area contributed by atoms with E-state index in [2.05, 4.69) is 20.0 Å². The van der Waals surface area contributed by atoms with Gasteiger partial charge in [-0.15, -0.1) is 10.2 Å². The Morgan fingerprint density at radius 2 is 1.80 bits per heavy atom. The van der Waals surface area contributed by atoms with Crippen LogP contribution in [0.4, 0.5) is 0 Å². The predicted octanol–water partition coefficient (Wildman–Crippen LogP) is 1.37. The summed E-state index contributed by atoms with van der Waals surface area (Å²) in [7, 11) is -3.20. The molecule has 0 aliphatic carbocycles. The van der Waals surface area contributed by atoms with Crippen LogP contribution in [0.25, 0.3) is 0 Å².